The van der Waals surface area contributed by atoms with Gasteiger partial charge in [0.25, 0.3) is 0 Å². The molecule has 0 saturated carbocycles. The molecule has 0 heterocycles. The smallest absolute Gasteiger partial charge is 0.338 e. The zero-order valence-corrected chi connectivity index (χ0v) is 25.0. The largest absolute Gasteiger partial charge is 0.493 e. The van der Waals surface area contributed by atoms with E-state index in [9.17, 15) is 14.4 Å². The minimum atomic E-state index is -1.09. The Bertz CT molecular complexity index is 1320. The van der Waals surface area contributed by atoms with Gasteiger partial charge in [0.15, 0.2) is 11.5 Å². The molecular weight excluding hydrogens is 576 g/mol. The predicted octanol–water partition coefficient (Wildman–Crippen LogP) is 5.18. The number of halogens is 1. The number of carbonyl (C=O) groups excluding carboxylic acids is 3. The van der Waals surface area contributed by atoms with Crippen LogP contribution in [0.15, 0.2) is 77.3 Å². The summed E-state index contributed by atoms with van der Waals surface area (Å²) in [6.07, 6.45) is -0.0171. The van der Waals surface area contributed by atoms with Crippen LogP contribution in [0.5, 0.6) is 11.5 Å². The Morgan fingerprint density at radius 1 is 0.900 bits per heavy atom. The van der Waals surface area contributed by atoms with E-state index in [0.29, 0.717) is 22.6 Å². The van der Waals surface area contributed by atoms with Gasteiger partial charge in [0.2, 0.25) is 11.8 Å². The molecule has 0 fully saturated rings. The third-order valence-electron chi connectivity index (χ3n) is 5.98. The first-order valence-corrected chi connectivity index (χ1v) is 13.6. The van der Waals surface area contributed by atoms with E-state index in [1.54, 1.807) is 48.5 Å². The molecule has 0 bridgehead atoms. The van der Waals surface area contributed by atoms with Crippen LogP contribution in [-0.4, -0.2) is 55.1 Å². The lowest BCUT2D eigenvalue weighted by Crippen LogP contribution is -2.55. The third kappa shape index (κ3) is 8.58. The first kappa shape index (κ1) is 30.7. The van der Waals surface area contributed by atoms with E-state index in [-0.39, 0.29) is 25.5 Å². The average Bonchev–Trinajstić information content (AvgIpc) is 2.92. The van der Waals surface area contributed by atoms with Crippen molar-refractivity contribution in [2.45, 2.75) is 45.3 Å². The summed E-state index contributed by atoms with van der Waals surface area (Å²) in [6, 6.07) is 20.1. The molecule has 9 heteroatoms. The molecule has 1 unspecified atom stereocenters. The van der Waals surface area contributed by atoms with Gasteiger partial charge in [0.1, 0.15) is 12.6 Å². The van der Waals surface area contributed by atoms with Crippen LogP contribution in [0.25, 0.3) is 0 Å². The minimum Gasteiger partial charge on any atom is -0.493 e. The molecule has 0 saturated heterocycles. The molecule has 3 rings (SSSR count). The van der Waals surface area contributed by atoms with Crippen molar-refractivity contribution in [3.05, 3.63) is 94.0 Å². The van der Waals surface area contributed by atoms with Crippen LogP contribution in [0.3, 0.4) is 0 Å². The fourth-order valence-electron chi connectivity index (χ4n) is 4.02. The van der Waals surface area contributed by atoms with Gasteiger partial charge in [-0.3, -0.25) is 9.59 Å². The summed E-state index contributed by atoms with van der Waals surface area (Å²) >= 11 is 3.55. The second-order valence-electron chi connectivity index (χ2n) is 10.2. The highest BCUT2D eigenvalue weighted by atomic mass is 79.9. The summed E-state index contributed by atoms with van der Waals surface area (Å²) in [6.45, 7) is 5.33. The Morgan fingerprint density at radius 3 is 2.17 bits per heavy atom. The van der Waals surface area contributed by atoms with Gasteiger partial charge in [0.05, 0.1) is 26.2 Å². The molecule has 0 spiro atoms. The number of nitrogens with one attached hydrogen (secondary N) is 1. The van der Waals surface area contributed by atoms with Crippen LogP contribution < -0.4 is 14.8 Å². The van der Waals surface area contributed by atoms with E-state index < -0.39 is 23.5 Å². The summed E-state index contributed by atoms with van der Waals surface area (Å²) in [7, 11) is 3.06. The number of rotatable bonds is 11. The highest BCUT2D eigenvalue weighted by Crippen LogP contribution is 2.28. The summed E-state index contributed by atoms with van der Waals surface area (Å²) < 4.78 is 17.1. The summed E-state index contributed by atoms with van der Waals surface area (Å²) in [4.78, 5) is 41.8. The third-order valence-corrected chi connectivity index (χ3v) is 6.75. The first-order valence-electron chi connectivity index (χ1n) is 12.8. The molecule has 212 valence electrons. The highest BCUT2D eigenvalue weighted by molar-refractivity contribution is 9.10. The van der Waals surface area contributed by atoms with Gasteiger partial charge in [-0.05, 0) is 62.2 Å². The molecule has 2 amide bonds. The van der Waals surface area contributed by atoms with Gasteiger partial charge in [-0.15, -0.1) is 0 Å². The lowest BCUT2D eigenvalue weighted by atomic mass is 10.1. The standard InChI is InChI=1S/C31H35BrN2O6/c1-31(2,3)33-29(36)25(20-40-30(37)22-11-7-6-8-12-22)34(19-23-13-9-10-14-24(23)32)28(35)18-21-15-16-26(38-4)27(17-21)39-5/h6-17,25H,18-20H2,1-5H3,(H,33,36). The number of carbonyl (C=O) groups is 3. The molecule has 0 aliphatic heterocycles. The maximum atomic E-state index is 13.9. The molecular formula is C31H35BrN2O6. The Hall–Kier alpha value is -3.85. The molecule has 1 N–H and O–H groups in total. The van der Waals surface area contributed by atoms with Gasteiger partial charge < -0.3 is 24.4 Å². The van der Waals surface area contributed by atoms with Crippen molar-refractivity contribution in [1.29, 1.82) is 0 Å². The SMILES string of the molecule is COc1ccc(CC(=O)N(Cc2ccccc2Br)C(COC(=O)c2ccccc2)C(=O)NC(C)(C)C)cc1OC. The van der Waals surface area contributed by atoms with Crippen LogP contribution in [0.1, 0.15) is 42.3 Å². The molecule has 3 aromatic rings. The highest BCUT2D eigenvalue weighted by Gasteiger charge is 2.33. The molecule has 8 nitrogen and oxygen atoms in total. The lowest BCUT2D eigenvalue weighted by Gasteiger charge is -2.33. The molecule has 1 atom stereocenters. The van der Waals surface area contributed by atoms with Crippen molar-refractivity contribution in [3.63, 3.8) is 0 Å². The maximum Gasteiger partial charge on any atom is 0.338 e. The average molecular weight is 612 g/mol. The van der Waals surface area contributed by atoms with Crippen molar-refractivity contribution >= 4 is 33.7 Å². The fourth-order valence-corrected chi connectivity index (χ4v) is 4.43. The number of methoxy groups -OCH3 is 2. The number of nitrogens with zero attached hydrogens (tertiary/aromatic N) is 1. The second-order valence-corrected chi connectivity index (χ2v) is 11.1. The molecule has 0 aliphatic rings. The van der Waals surface area contributed by atoms with E-state index >= 15 is 0 Å². The quantitative estimate of drug-likeness (QED) is 0.301. The Labute approximate surface area is 243 Å². The summed E-state index contributed by atoms with van der Waals surface area (Å²) in [5.74, 6) is -0.306. The molecule has 0 aliphatic carbocycles. The van der Waals surface area contributed by atoms with Crippen LogP contribution in [0, 0.1) is 0 Å². The Morgan fingerprint density at radius 2 is 1.55 bits per heavy atom. The van der Waals surface area contributed by atoms with E-state index in [1.165, 1.54) is 19.1 Å². The van der Waals surface area contributed by atoms with E-state index in [2.05, 4.69) is 21.2 Å². The number of ether oxygens (including phenoxy) is 3. The summed E-state index contributed by atoms with van der Waals surface area (Å²) in [5, 5.41) is 2.94. The zero-order valence-electron chi connectivity index (χ0n) is 23.4. The monoisotopic (exact) mass is 610 g/mol. The van der Waals surface area contributed by atoms with Crippen LogP contribution in [0.4, 0.5) is 0 Å². The summed E-state index contributed by atoms with van der Waals surface area (Å²) in [5.41, 5.74) is 1.25. The predicted molar refractivity (Wildman–Crippen MR) is 156 cm³/mol. The first-order chi connectivity index (χ1) is 19.0. The molecule has 0 radical (unpaired) electrons. The number of amides is 2. The van der Waals surface area contributed by atoms with Gasteiger partial charge in [-0.1, -0.05) is 58.4 Å². The van der Waals surface area contributed by atoms with Crippen LogP contribution in [0.2, 0.25) is 0 Å². The Balaban J connectivity index is 1.98. The number of esters is 1. The van der Waals surface area contributed by atoms with Crippen LogP contribution >= 0.6 is 15.9 Å². The van der Waals surface area contributed by atoms with E-state index in [4.69, 9.17) is 14.2 Å². The van der Waals surface area contributed by atoms with E-state index in [0.717, 1.165) is 10.0 Å². The van der Waals surface area contributed by atoms with Crippen molar-refractivity contribution in [2.24, 2.45) is 0 Å². The van der Waals surface area contributed by atoms with Crippen molar-refractivity contribution in [2.75, 3.05) is 20.8 Å². The van der Waals surface area contributed by atoms with Gasteiger partial charge in [-0.2, -0.15) is 0 Å². The van der Waals surface area contributed by atoms with Crippen molar-refractivity contribution in [1.82, 2.24) is 10.2 Å². The molecule has 40 heavy (non-hydrogen) atoms. The van der Waals surface area contributed by atoms with Gasteiger partial charge in [-0.25, -0.2) is 4.79 Å². The number of hydrogen-bond donors (Lipinski definition) is 1. The Kier molecular flexibility index (Phi) is 10.7. The lowest BCUT2D eigenvalue weighted by molar-refractivity contribution is -0.143. The number of hydrogen-bond acceptors (Lipinski definition) is 6. The minimum absolute atomic E-state index is 0.0171. The zero-order chi connectivity index (χ0) is 29.3. The fraction of sp³-hybridized carbons (Fsp3) is 0.323. The van der Waals surface area contributed by atoms with E-state index in [1.807, 2.05) is 45.0 Å². The molecule has 3 aromatic carbocycles. The number of benzene rings is 3. The second kappa shape index (κ2) is 14.0. The maximum absolute atomic E-state index is 13.9. The van der Waals surface area contributed by atoms with Gasteiger partial charge in [0, 0.05) is 16.6 Å². The van der Waals surface area contributed by atoms with Gasteiger partial charge >= 0.3 is 5.97 Å². The van der Waals surface area contributed by atoms with Crippen molar-refractivity contribution in [3.8, 4) is 11.5 Å². The molecule has 0 aromatic heterocycles. The van der Waals surface area contributed by atoms with Crippen LogP contribution in [-0.2, 0) is 27.3 Å². The normalized spacial score (nSPS) is 11.8. The topological polar surface area (TPSA) is 94.2 Å². The van der Waals surface area contributed by atoms with Crippen molar-refractivity contribution < 1.29 is 28.6 Å².